The normalized spacial score (nSPS) is 17.8. The molecular weight excluding hydrogens is 330 g/mol. The lowest BCUT2D eigenvalue weighted by Crippen LogP contribution is -2.25. The maximum absolute atomic E-state index is 12.1. The number of thiazole rings is 1. The lowest BCUT2D eigenvalue weighted by atomic mass is 9.78. The second-order valence-electron chi connectivity index (χ2n) is 5.36. The molecule has 1 aliphatic carbocycles. The molecule has 1 aliphatic rings. The third-order valence-electron chi connectivity index (χ3n) is 3.01. The highest BCUT2D eigenvalue weighted by atomic mass is 79.9. The number of nitrogens with zero attached hydrogens (tertiary/aromatic N) is 1. The minimum Gasteiger partial charge on any atom is -0.293 e. The summed E-state index contributed by atoms with van der Waals surface area (Å²) in [5, 5.41) is 3.02. The molecule has 0 fully saturated rings. The van der Waals surface area contributed by atoms with Gasteiger partial charge in [-0.1, -0.05) is 13.8 Å². The molecule has 0 N–H and O–H groups in total. The second-order valence-corrected chi connectivity index (χ2v) is 8.19. The average Bonchev–Trinajstić information content (AvgIpc) is 2.82. The average molecular weight is 342 g/mol. The van der Waals surface area contributed by atoms with Crippen molar-refractivity contribution in [2.24, 2.45) is 5.41 Å². The Bertz CT molecular complexity index is 627. The second kappa shape index (κ2) is 4.25. The number of fused-ring (bicyclic) bond motifs is 1. The molecule has 2 nitrogen and oxygen atoms in total. The van der Waals surface area contributed by atoms with Crippen molar-refractivity contribution < 1.29 is 4.79 Å². The number of ketones is 1. The van der Waals surface area contributed by atoms with Gasteiger partial charge in [0.1, 0.15) is 5.01 Å². The van der Waals surface area contributed by atoms with E-state index in [-0.39, 0.29) is 11.2 Å². The highest BCUT2D eigenvalue weighted by Gasteiger charge is 2.34. The van der Waals surface area contributed by atoms with Crippen LogP contribution in [0.1, 0.15) is 35.6 Å². The monoisotopic (exact) mass is 341 g/mol. The predicted molar refractivity (Wildman–Crippen MR) is 79.6 cm³/mol. The van der Waals surface area contributed by atoms with Crippen LogP contribution in [0.15, 0.2) is 15.9 Å². The van der Waals surface area contributed by atoms with E-state index in [0.29, 0.717) is 6.42 Å². The van der Waals surface area contributed by atoms with Crippen LogP contribution in [0.2, 0.25) is 0 Å². The standard InChI is InChI=1S/C13H12BrNOS2/c1-13(2)4-8-11(9(16)5-13)18-12(15-8)10-3-7(14)6-17-10/h3,6H,4-5H2,1-2H3. The topological polar surface area (TPSA) is 30.0 Å². The lowest BCUT2D eigenvalue weighted by molar-refractivity contribution is 0.0916. The van der Waals surface area contributed by atoms with Gasteiger partial charge in [-0.2, -0.15) is 0 Å². The van der Waals surface area contributed by atoms with Gasteiger partial charge in [0.25, 0.3) is 0 Å². The molecule has 0 saturated carbocycles. The van der Waals surface area contributed by atoms with Crippen LogP contribution in [0.5, 0.6) is 0 Å². The summed E-state index contributed by atoms with van der Waals surface area (Å²) < 4.78 is 1.07. The Morgan fingerprint density at radius 1 is 1.39 bits per heavy atom. The van der Waals surface area contributed by atoms with Crippen molar-refractivity contribution in [3.8, 4) is 9.88 Å². The van der Waals surface area contributed by atoms with Gasteiger partial charge in [0.2, 0.25) is 0 Å². The van der Waals surface area contributed by atoms with Gasteiger partial charge in [-0.15, -0.1) is 22.7 Å². The van der Waals surface area contributed by atoms with E-state index in [1.165, 1.54) is 11.3 Å². The zero-order valence-electron chi connectivity index (χ0n) is 10.1. The minimum absolute atomic E-state index is 0.0471. The number of rotatable bonds is 1. The molecule has 0 bridgehead atoms. The van der Waals surface area contributed by atoms with Crippen molar-refractivity contribution in [1.29, 1.82) is 0 Å². The van der Waals surface area contributed by atoms with Crippen LogP contribution in [0.4, 0.5) is 0 Å². The van der Waals surface area contributed by atoms with Crippen LogP contribution < -0.4 is 0 Å². The summed E-state index contributed by atoms with van der Waals surface area (Å²) >= 11 is 6.65. The fraction of sp³-hybridized carbons (Fsp3) is 0.385. The first-order valence-electron chi connectivity index (χ1n) is 5.72. The summed E-state index contributed by atoms with van der Waals surface area (Å²) in [5.74, 6) is 0.251. The van der Waals surface area contributed by atoms with Crippen molar-refractivity contribution in [3.63, 3.8) is 0 Å². The van der Waals surface area contributed by atoms with E-state index in [0.717, 1.165) is 31.3 Å². The maximum atomic E-state index is 12.1. The van der Waals surface area contributed by atoms with Crippen molar-refractivity contribution >= 4 is 44.4 Å². The van der Waals surface area contributed by atoms with Crippen LogP contribution >= 0.6 is 38.6 Å². The number of carbonyl (C=O) groups is 1. The van der Waals surface area contributed by atoms with Crippen LogP contribution in [0.25, 0.3) is 9.88 Å². The molecule has 94 valence electrons. The molecule has 5 heteroatoms. The molecule has 2 heterocycles. The van der Waals surface area contributed by atoms with E-state index < -0.39 is 0 Å². The Morgan fingerprint density at radius 2 is 2.17 bits per heavy atom. The number of halogens is 1. The Morgan fingerprint density at radius 3 is 2.83 bits per heavy atom. The molecule has 0 amide bonds. The number of thiophene rings is 1. The van der Waals surface area contributed by atoms with Crippen molar-refractivity contribution in [3.05, 3.63) is 26.5 Å². The van der Waals surface area contributed by atoms with E-state index in [1.54, 1.807) is 11.3 Å². The van der Waals surface area contributed by atoms with Crippen LogP contribution in [0, 0.1) is 5.41 Å². The van der Waals surface area contributed by atoms with E-state index in [9.17, 15) is 4.79 Å². The lowest BCUT2D eigenvalue weighted by Gasteiger charge is -2.26. The van der Waals surface area contributed by atoms with Gasteiger partial charge in [0.05, 0.1) is 15.4 Å². The summed E-state index contributed by atoms with van der Waals surface area (Å²) in [4.78, 5) is 18.8. The molecule has 2 aromatic rings. The highest BCUT2D eigenvalue weighted by molar-refractivity contribution is 9.10. The Balaban J connectivity index is 2.05. The fourth-order valence-electron chi connectivity index (χ4n) is 2.25. The third-order valence-corrected chi connectivity index (χ3v) is 6.01. The maximum Gasteiger partial charge on any atom is 0.175 e. The van der Waals surface area contributed by atoms with E-state index in [2.05, 4.69) is 40.8 Å². The Hall–Kier alpha value is -0.520. The molecule has 0 aliphatic heterocycles. The summed E-state index contributed by atoms with van der Waals surface area (Å²) in [6, 6.07) is 2.06. The number of Topliss-reactive ketones (excluding diaryl/α,β-unsaturated/α-hetero) is 1. The van der Waals surface area contributed by atoms with Gasteiger partial charge in [-0.05, 0) is 33.8 Å². The van der Waals surface area contributed by atoms with Crippen molar-refractivity contribution in [2.45, 2.75) is 26.7 Å². The number of hydrogen-bond donors (Lipinski definition) is 0. The van der Waals surface area contributed by atoms with E-state index >= 15 is 0 Å². The van der Waals surface area contributed by atoms with Crippen LogP contribution in [0.3, 0.4) is 0 Å². The molecule has 0 spiro atoms. The Kier molecular flexibility index (Phi) is 2.95. The number of carbonyl (C=O) groups excluding carboxylic acids is 1. The summed E-state index contributed by atoms with van der Waals surface area (Å²) in [5.41, 5.74) is 1.03. The first-order chi connectivity index (χ1) is 8.44. The number of aromatic nitrogens is 1. The SMILES string of the molecule is CC1(C)CC(=O)c2sc(-c3cc(Br)cs3)nc2C1. The molecule has 2 aromatic heterocycles. The molecule has 0 saturated heterocycles. The van der Waals surface area contributed by atoms with Crippen LogP contribution in [-0.4, -0.2) is 10.8 Å². The molecule has 3 rings (SSSR count). The van der Waals surface area contributed by atoms with Gasteiger partial charge in [0.15, 0.2) is 5.78 Å². The quantitative estimate of drug-likeness (QED) is 0.746. The predicted octanol–water partition coefficient (Wildman–Crippen LogP) is 4.79. The summed E-state index contributed by atoms with van der Waals surface area (Å²) in [6.07, 6.45) is 1.53. The van der Waals surface area contributed by atoms with Crippen LogP contribution in [-0.2, 0) is 6.42 Å². The van der Waals surface area contributed by atoms with Gasteiger partial charge in [-0.25, -0.2) is 4.98 Å². The van der Waals surface area contributed by atoms with Gasteiger partial charge < -0.3 is 0 Å². The summed E-state index contributed by atoms with van der Waals surface area (Å²) in [6.45, 7) is 4.27. The van der Waals surface area contributed by atoms with Crippen molar-refractivity contribution in [2.75, 3.05) is 0 Å². The molecule has 0 radical (unpaired) electrons. The van der Waals surface area contributed by atoms with Gasteiger partial charge in [-0.3, -0.25) is 4.79 Å². The molecule has 0 unspecified atom stereocenters. The summed E-state index contributed by atoms with van der Waals surface area (Å²) in [7, 11) is 0. The largest absolute Gasteiger partial charge is 0.293 e. The smallest absolute Gasteiger partial charge is 0.175 e. The number of hydrogen-bond acceptors (Lipinski definition) is 4. The van der Waals surface area contributed by atoms with Gasteiger partial charge in [0, 0.05) is 16.3 Å². The third kappa shape index (κ3) is 2.19. The zero-order chi connectivity index (χ0) is 12.9. The first-order valence-corrected chi connectivity index (χ1v) is 8.21. The van der Waals surface area contributed by atoms with E-state index in [1.807, 2.05) is 5.38 Å². The first kappa shape index (κ1) is 12.5. The van der Waals surface area contributed by atoms with Gasteiger partial charge >= 0.3 is 0 Å². The van der Waals surface area contributed by atoms with E-state index in [4.69, 9.17) is 0 Å². The minimum atomic E-state index is 0.0471. The highest BCUT2D eigenvalue weighted by Crippen LogP contribution is 2.41. The fourth-order valence-corrected chi connectivity index (χ4v) is 4.76. The zero-order valence-corrected chi connectivity index (χ0v) is 13.3. The molecule has 0 aromatic carbocycles. The van der Waals surface area contributed by atoms with Crippen molar-refractivity contribution in [1.82, 2.24) is 4.98 Å². The molecular formula is C13H12BrNOS2. The Labute approximate surface area is 122 Å². The molecule has 18 heavy (non-hydrogen) atoms. The molecule has 0 atom stereocenters.